The summed E-state index contributed by atoms with van der Waals surface area (Å²) >= 11 is 4.95. The zero-order chi connectivity index (χ0) is 13.7. The number of thiocarbonyl (C=S) groups is 1. The van der Waals surface area contributed by atoms with E-state index in [4.69, 9.17) is 22.7 Å². The first kappa shape index (κ1) is 14.4. The number of ether oxygens (including phenoxy) is 1. The summed E-state index contributed by atoms with van der Waals surface area (Å²) in [5, 5.41) is 0. The minimum absolute atomic E-state index is 0.398. The van der Waals surface area contributed by atoms with Crippen LogP contribution in [0.3, 0.4) is 0 Å². The van der Waals surface area contributed by atoms with Crippen molar-refractivity contribution in [3.63, 3.8) is 0 Å². The summed E-state index contributed by atoms with van der Waals surface area (Å²) in [5.41, 5.74) is 7.80. The molecule has 19 heavy (non-hydrogen) atoms. The van der Waals surface area contributed by atoms with E-state index in [9.17, 15) is 0 Å². The first-order chi connectivity index (χ1) is 9.15. The summed E-state index contributed by atoms with van der Waals surface area (Å²) in [4.78, 5) is 2.77. The fourth-order valence-corrected chi connectivity index (χ4v) is 2.59. The Hall–Kier alpha value is -0.970. The lowest BCUT2D eigenvalue weighted by atomic mass is 10.1. The van der Waals surface area contributed by atoms with Gasteiger partial charge in [-0.2, -0.15) is 0 Å². The molecule has 0 radical (unpaired) electrons. The minimum atomic E-state index is 0.398. The van der Waals surface area contributed by atoms with Gasteiger partial charge in [0.25, 0.3) is 0 Å². The second-order valence-corrected chi connectivity index (χ2v) is 5.69. The molecule has 1 aromatic carbocycles. The van der Waals surface area contributed by atoms with E-state index in [0.29, 0.717) is 11.1 Å². The normalized spacial score (nSPS) is 19.6. The Morgan fingerprint density at radius 3 is 2.68 bits per heavy atom. The third-order valence-electron chi connectivity index (χ3n) is 3.48. The highest BCUT2D eigenvalue weighted by atomic mass is 32.1. The average Bonchev–Trinajstić information content (AvgIpc) is 2.40. The zero-order valence-electron chi connectivity index (χ0n) is 11.5. The molecule has 0 aromatic heterocycles. The predicted molar refractivity (Wildman–Crippen MR) is 82.3 cm³/mol. The highest BCUT2D eigenvalue weighted by Gasteiger charge is 2.15. The van der Waals surface area contributed by atoms with Crippen LogP contribution in [0.5, 0.6) is 0 Å². The van der Waals surface area contributed by atoms with Crippen LogP contribution in [0.25, 0.3) is 0 Å². The van der Waals surface area contributed by atoms with Crippen molar-refractivity contribution in [1.29, 1.82) is 0 Å². The lowest BCUT2D eigenvalue weighted by molar-refractivity contribution is -0.00259. The van der Waals surface area contributed by atoms with Gasteiger partial charge in [0, 0.05) is 25.3 Å². The van der Waals surface area contributed by atoms with Crippen LogP contribution in [0, 0.1) is 0 Å². The topological polar surface area (TPSA) is 38.5 Å². The van der Waals surface area contributed by atoms with Crippen molar-refractivity contribution >= 4 is 17.2 Å². The summed E-state index contributed by atoms with van der Waals surface area (Å²) in [7, 11) is 2.14. The quantitative estimate of drug-likeness (QED) is 0.839. The number of rotatable bonds is 5. The van der Waals surface area contributed by atoms with Crippen molar-refractivity contribution in [3.8, 4) is 0 Å². The number of nitrogens with zero attached hydrogens (tertiary/aromatic N) is 1. The Morgan fingerprint density at radius 1 is 1.37 bits per heavy atom. The second-order valence-electron chi connectivity index (χ2n) is 5.25. The monoisotopic (exact) mass is 278 g/mol. The van der Waals surface area contributed by atoms with Crippen LogP contribution in [0.2, 0.25) is 0 Å². The number of benzene rings is 1. The lowest BCUT2D eigenvalue weighted by Crippen LogP contribution is -2.33. The van der Waals surface area contributed by atoms with Crippen molar-refractivity contribution in [2.75, 3.05) is 20.2 Å². The largest absolute Gasteiger partial charge is 0.389 e. The van der Waals surface area contributed by atoms with Crippen LogP contribution in [0.4, 0.5) is 0 Å². The molecule has 1 fully saturated rings. The number of hydrogen-bond acceptors (Lipinski definition) is 3. The highest BCUT2D eigenvalue weighted by Crippen LogP contribution is 2.14. The Balaban J connectivity index is 1.83. The molecule has 1 heterocycles. The van der Waals surface area contributed by atoms with Crippen molar-refractivity contribution < 1.29 is 4.74 Å². The van der Waals surface area contributed by atoms with E-state index in [1.54, 1.807) is 0 Å². The van der Waals surface area contributed by atoms with Gasteiger partial charge in [0.2, 0.25) is 0 Å². The maximum absolute atomic E-state index is 5.76. The van der Waals surface area contributed by atoms with E-state index in [1.165, 1.54) is 24.8 Å². The molecule has 2 rings (SSSR count). The molecular formula is C15H22N2OS. The number of likely N-dealkylation sites (N-methyl/N-ethyl adjacent to an activating group) is 1. The van der Waals surface area contributed by atoms with Crippen molar-refractivity contribution in [1.82, 2.24) is 4.90 Å². The molecule has 1 unspecified atom stereocenters. The molecule has 0 spiro atoms. The smallest absolute Gasteiger partial charge is 0.103 e. The third-order valence-corrected chi connectivity index (χ3v) is 3.72. The number of nitrogens with two attached hydrogens (primary N) is 1. The van der Waals surface area contributed by atoms with E-state index in [-0.39, 0.29) is 0 Å². The summed E-state index contributed by atoms with van der Waals surface area (Å²) in [6.07, 6.45) is 4.08. The van der Waals surface area contributed by atoms with Crippen LogP contribution < -0.4 is 5.73 Å². The van der Waals surface area contributed by atoms with Gasteiger partial charge in [-0.25, -0.2) is 0 Å². The van der Waals surface area contributed by atoms with E-state index in [0.717, 1.165) is 25.3 Å². The highest BCUT2D eigenvalue weighted by molar-refractivity contribution is 7.80. The van der Waals surface area contributed by atoms with Crippen LogP contribution in [-0.2, 0) is 11.3 Å². The molecule has 0 amide bonds. The first-order valence-electron chi connectivity index (χ1n) is 6.84. The van der Waals surface area contributed by atoms with Crippen molar-refractivity contribution in [3.05, 3.63) is 35.4 Å². The fourth-order valence-electron chi connectivity index (χ4n) is 2.45. The molecule has 2 N–H and O–H groups in total. The van der Waals surface area contributed by atoms with Gasteiger partial charge in [-0.1, -0.05) is 36.5 Å². The van der Waals surface area contributed by atoms with E-state index in [2.05, 4.69) is 24.1 Å². The van der Waals surface area contributed by atoms with Gasteiger partial charge in [-0.05, 0) is 31.9 Å². The first-order valence-corrected chi connectivity index (χ1v) is 7.25. The molecule has 0 bridgehead atoms. The minimum Gasteiger partial charge on any atom is -0.389 e. The average molecular weight is 278 g/mol. The second kappa shape index (κ2) is 6.98. The molecule has 1 aromatic rings. The number of hydrogen-bond donors (Lipinski definition) is 1. The Morgan fingerprint density at radius 2 is 2.11 bits per heavy atom. The zero-order valence-corrected chi connectivity index (χ0v) is 12.3. The Labute approximate surface area is 120 Å². The molecule has 1 aliphatic heterocycles. The summed E-state index contributed by atoms with van der Waals surface area (Å²) < 4.78 is 5.76. The van der Waals surface area contributed by atoms with Gasteiger partial charge in [0.1, 0.15) is 4.99 Å². The molecule has 3 nitrogen and oxygen atoms in total. The van der Waals surface area contributed by atoms with Gasteiger partial charge < -0.3 is 10.5 Å². The SMILES string of the molecule is CN(Cc1ccc(C(N)=S)cc1)CC1CCCCO1. The maximum Gasteiger partial charge on any atom is 0.103 e. The van der Waals surface area contributed by atoms with Gasteiger partial charge in [-0.15, -0.1) is 0 Å². The van der Waals surface area contributed by atoms with Gasteiger partial charge in [0.05, 0.1) is 6.10 Å². The van der Waals surface area contributed by atoms with E-state index in [1.807, 2.05) is 12.1 Å². The van der Waals surface area contributed by atoms with Crippen LogP contribution in [0.1, 0.15) is 30.4 Å². The molecular weight excluding hydrogens is 256 g/mol. The summed E-state index contributed by atoms with van der Waals surface area (Å²) in [6, 6.07) is 8.16. The van der Waals surface area contributed by atoms with E-state index >= 15 is 0 Å². The van der Waals surface area contributed by atoms with E-state index < -0.39 is 0 Å². The standard InChI is InChI=1S/C15H22N2OS/c1-17(11-14-4-2-3-9-18-14)10-12-5-7-13(8-6-12)15(16)19/h5-8,14H,2-4,9-11H2,1H3,(H2,16,19). The van der Waals surface area contributed by atoms with Crippen molar-refractivity contribution in [2.45, 2.75) is 31.9 Å². The lowest BCUT2D eigenvalue weighted by Gasteiger charge is -2.27. The maximum atomic E-state index is 5.76. The van der Waals surface area contributed by atoms with Gasteiger partial charge in [0.15, 0.2) is 0 Å². The predicted octanol–water partition coefficient (Wildman–Crippen LogP) is 2.32. The molecule has 1 aliphatic rings. The molecule has 104 valence electrons. The fraction of sp³-hybridized carbons (Fsp3) is 0.533. The van der Waals surface area contributed by atoms with Crippen molar-refractivity contribution in [2.24, 2.45) is 5.73 Å². The van der Waals surface area contributed by atoms with Crippen LogP contribution >= 0.6 is 12.2 Å². The molecule has 1 saturated heterocycles. The summed E-state index contributed by atoms with van der Waals surface area (Å²) in [6.45, 7) is 2.84. The third kappa shape index (κ3) is 4.56. The molecule has 1 atom stereocenters. The summed E-state index contributed by atoms with van der Waals surface area (Å²) in [5.74, 6) is 0. The molecule has 0 saturated carbocycles. The van der Waals surface area contributed by atoms with Gasteiger partial charge >= 0.3 is 0 Å². The van der Waals surface area contributed by atoms with Crippen LogP contribution in [0.15, 0.2) is 24.3 Å². The molecule has 4 heteroatoms. The Kier molecular flexibility index (Phi) is 5.31. The van der Waals surface area contributed by atoms with Gasteiger partial charge in [-0.3, -0.25) is 4.90 Å². The van der Waals surface area contributed by atoms with Crippen LogP contribution in [-0.4, -0.2) is 36.2 Å². The Bertz CT molecular complexity index is 413. The molecule has 0 aliphatic carbocycles.